The van der Waals surface area contributed by atoms with Crippen LogP contribution < -0.4 is 9.64 Å². The molecule has 0 aromatic heterocycles. The lowest BCUT2D eigenvalue weighted by Gasteiger charge is -2.22. The maximum atomic E-state index is 14.0. The number of rotatable bonds is 7. The third-order valence-electron chi connectivity index (χ3n) is 3.55. The predicted molar refractivity (Wildman–Crippen MR) is 92.3 cm³/mol. The number of carbonyl (C=O) groups excluding carboxylic acids is 1. The van der Waals surface area contributed by atoms with E-state index in [9.17, 15) is 19.3 Å². The van der Waals surface area contributed by atoms with Gasteiger partial charge in [0.05, 0.1) is 23.1 Å². The molecule has 2 rings (SSSR count). The lowest BCUT2D eigenvalue weighted by molar-refractivity contribution is -0.385. The Hall–Kier alpha value is -3.47. The van der Waals surface area contributed by atoms with Crippen LogP contribution in [0.5, 0.6) is 5.75 Å². The van der Waals surface area contributed by atoms with Crippen LogP contribution in [0, 0.1) is 34.2 Å². The number of amides is 1. The molecule has 0 saturated carbocycles. The normalized spacial score (nSPS) is 10.0. The molecule has 0 aliphatic carbocycles. The summed E-state index contributed by atoms with van der Waals surface area (Å²) >= 11 is 0. The standard InChI is InChI=1S/C18H16FN3O4/c1-13-7-8-16(22(24)25)17(11-13)26-12-18(23)21(10-4-9-20)15-6-3-2-5-14(15)19/h2-3,5-8,11H,4,10,12H2,1H3. The average molecular weight is 357 g/mol. The quantitative estimate of drug-likeness (QED) is 0.559. The average Bonchev–Trinajstić information content (AvgIpc) is 2.61. The van der Waals surface area contributed by atoms with Gasteiger partial charge < -0.3 is 9.64 Å². The zero-order chi connectivity index (χ0) is 19.1. The van der Waals surface area contributed by atoms with Gasteiger partial charge in [-0.3, -0.25) is 14.9 Å². The summed E-state index contributed by atoms with van der Waals surface area (Å²) in [6.45, 7) is 1.19. The number of ether oxygens (including phenoxy) is 1. The first-order valence-corrected chi connectivity index (χ1v) is 7.73. The highest BCUT2D eigenvalue weighted by atomic mass is 19.1. The molecule has 0 aliphatic heterocycles. The van der Waals surface area contributed by atoms with Gasteiger partial charge in [-0.05, 0) is 30.7 Å². The first-order chi connectivity index (χ1) is 12.4. The lowest BCUT2D eigenvalue weighted by atomic mass is 10.2. The smallest absolute Gasteiger partial charge is 0.310 e. The number of nitrogens with zero attached hydrogens (tertiary/aromatic N) is 3. The number of benzene rings is 2. The number of nitro groups is 1. The molecule has 2 aromatic carbocycles. The van der Waals surface area contributed by atoms with Crippen LogP contribution in [-0.4, -0.2) is 24.0 Å². The second-order valence-corrected chi connectivity index (χ2v) is 5.42. The Balaban J connectivity index is 2.21. The van der Waals surface area contributed by atoms with Crippen LogP contribution >= 0.6 is 0 Å². The van der Waals surface area contributed by atoms with Crippen LogP contribution in [0.2, 0.25) is 0 Å². The van der Waals surface area contributed by atoms with Crippen molar-refractivity contribution in [3.63, 3.8) is 0 Å². The van der Waals surface area contributed by atoms with Gasteiger partial charge in [0.2, 0.25) is 0 Å². The van der Waals surface area contributed by atoms with Crippen LogP contribution in [0.15, 0.2) is 42.5 Å². The minimum atomic E-state index is -0.611. The molecule has 8 heteroatoms. The fraction of sp³-hybridized carbons (Fsp3) is 0.222. The molecule has 1 amide bonds. The molecule has 0 heterocycles. The molecular formula is C18H16FN3O4. The van der Waals surface area contributed by atoms with Crippen molar-refractivity contribution < 1.29 is 18.8 Å². The zero-order valence-electron chi connectivity index (χ0n) is 14.0. The Kier molecular flexibility index (Phi) is 6.22. The van der Waals surface area contributed by atoms with Gasteiger partial charge in [0, 0.05) is 12.6 Å². The molecule has 7 nitrogen and oxygen atoms in total. The molecule has 2 aromatic rings. The van der Waals surface area contributed by atoms with E-state index in [1.54, 1.807) is 19.1 Å². The van der Waals surface area contributed by atoms with Crippen molar-refractivity contribution in [3.8, 4) is 11.8 Å². The number of para-hydroxylation sites is 1. The monoisotopic (exact) mass is 357 g/mol. The van der Waals surface area contributed by atoms with Gasteiger partial charge in [-0.25, -0.2) is 4.39 Å². The number of hydrogen-bond donors (Lipinski definition) is 0. The Morgan fingerprint density at radius 3 is 2.73 bits per heavy atom. The van der Waals surface area contributed by atoms with Gasteiger partial charge in [0.15, 0.2) is 12.4 Å². The van der Waals surface area contributed by atoms with Crippen molar-refractivity contribution in [3.05, 3.63) is 64.0 Å². The highest BCUT2D eigenvalue weighted by molar-refractivity contribution is 5.94. The first-order valence-electron chi connectivity index (χ1n) is 7.73. The number of nitro benzene ring substituents is 1. The Labute approximate surface area is 149 Å². The zero-order valence-corrected chi connectivity index (χ0v) is 14.0. The van der Waals surface area contributed by atoms with Crippen molar-refractivity contribution in [1.29, 1.82) is 5.26 Å². The van der Waals surface area contributed by atoms with Gasteiger partial charge in [0.25, 0.3) is 5.91 Å². The molecule has 26 heavy (non-hydrogen) atoms. The van der Waals surface area contributed by atoms with Crippen molar-refractivity contribution in [2.45, 2.75) is 13.3 Å². The van der Waals surface area contributed by atoms with E-state index in [-0.39, 0.29) is 30.1 Å². The highest BCUT2D eigenvalue weighted by Gasteiger charge is 2.21. The number of anilines is 1. The van der Waals surface area contributed by atoms with Crippen LogP contribution in [-0.2, 0) is 4.79 Å². The molecular weight excluding hydrogens is 341 g/mol. The summed E-state index contributed by atoms with van der Waals surface area (Å²) in [4.78, 5) is 24.0. The van der Waals surface area contributed by atoms with Crippen molar-refractivity contribution in [1.82, 2.24) is 0 Å². The van der Waals surface area contributed by atoms with Crippen LogP contribution in [0.25, 0.3) is 0 Å². The second kappa shape index (κ2) is 8.58. The number of hydrogen-bond acceptors (Lipinski definition) is 5. The summed E-state index contributed by atoms with van der Waals surface area (Å²) in [6.07, 6.45) is 0.00463. The van der Waals surface area contributed by atoms with Crippen molar-refractivity contribution in [2.75, 3.05) is 18.1 Å². The minimum absolute atomic E-state index is 0.00463. The fourth-order valence-electron chi connectivity index (χ4n) is 2.32. The summed E-state index contributed by atoms with van der Waals surface area (Å²) in [5, 5.41) is 19.8. The molecule has 0 bridgehead atoms. The van der Waals surface area contributed by atoms with E-state index in [2.05, 4.69) is 0 Å². The van der Waals surface area contributed by atoms with Gasteiger partial charge in [-0.15, -0.1) is 0 Å². The predicted octanol–water partition coefficient (Wildman–Crippen LogP) is 3.37. The summed E-state index contributed by atoms with van der Waals surface area (Å²) in [5.41, 5.74) is 0.487. The Morgan fingerprint density at radius 1 is 1.35 bits per heavy atom. The third-order valence-corrected chi connectivity index (χ3v) is 3.55. The Bertz CT molecular complexity index is 864. The SMILES string of the molecule is Cc1ccc([N+](=O)[O-])c(OCC(=O)N(CCC#N)c2ccccc2F)c1. The molecule has 0 aliphatic rings. The van der Waals surface area contributed by atoms with Crippen LogP contribution in [0.1, 0.15) is 12.0 Å². The molecule has 0 fully saturated rings. The van der Waals surface area contributed by atoms with Crippen LogP contribution in [0.4, 0.5) is 15.8 Å². The lowest BCUT2D eigenvalue weighted by Crippen LogP contribution is -2.36. The highest BCUT2D eigenvalue weighted by Crippen LogP contribution is 2.28. The Morgan fingerprint density at radius 2 is 2.08 bits per heavy atom. The fourth-order valence-corrected chi connectivity index (χ4v) is 2.32. The molecule has 0 unspecified atom stereocenters. The minimum Gasteiger partial charge on any atom is -0.477 e. The van der Waals surface area contributed by atoms with Gasteiger partial charge in [0.1, 0.15) is 5.82 Å². The van der Waals surface area contributed by atoms with Crippen LogP contribution in [0.3, 0.4) is 0 Å². The number of aryl methyl sites for hydroxylation is 1. The first kappa shape index (κ1) is 18.9. The molecule has 0 saturated heterocycles. The number of halogens is 1. The van der Waals surface area contributed by atoms with E-state index in [1.807, 2.05) is 6.07 Å². The van der Waals surface area contributed by atoms with E-state index < -0.39 is 23.3 Å². The van der Waals surface area contributed by atoms with Crippen molar-refractivity contribution >= 4 is 17.3 Å². The molecule has 0 spiro atoms. The van der Waals surface area contributed by atoms with E-state index in [0.717, 1.165) is 10.5 Å². The third kappa shape index (κ3) is 4.54. The molecule has 0 radical (unpaired) electrons. The summed E-state index contributed by atoms with van der Waals surface area (Å²) in [7, 11) is 0. The summed E-state index contributed by atoms with van der Waals surface area (Å²) in [6, 6.07) is 11.9. The van der Waals surface area contributed by atoms with E-state index in [4.69, 9.17) is 10.00 Å². The number of nitriles is 1. The molecule has 0 N–H and O–H groups in total. The van der Waals surface area contributed by atoms with E-state index in [1.165, 1.54) is 30.3 Å². The molecule has 134 valence electrons. The number of carbonyl (C=O) groups is 1. The van der Waals surface area contributed by atoms with Crippen molar-refractivity contribution in [2.24, 2.45) is 0 Å². The maximum absolute atomic E-state index is 14.0. The van der Waals surface area contributed by atoms with Gasteiger partial charge >= 0.3 is 5.69 Å². The largest absolute Gasteiger partial charge is 0.477 e. The van der Waals surface area contributed by atoms with E-state index >= 15 is 0 Å². The summed E-state index contributed by atoms with van der Waals surface area (Å²) < 4.78 is 19.3. The summed E-state index contributed by atoms with van der Waals surface area (Å²) in [5.74, 6) is -1.27. The van der Waals surface area contributed by atoms with E-state index in [0.29, 0.717) is 0 Å². The van der Waals surface area contributed by atoms with Gasteiger partial charge in [-0.2, -0.15) is 5.26 Å². The second-order valence-electron chi connectivity index (χ2n) is 5.42. The maximum Gasteiger partial charge on any atom is 0.310 e. The molecule has 0 atom stereocenters. The topological polar surface area (TPSA) is 96.5 Å². The van der Waals surface area contributed by atoms with Gasteiger partial charge in [-0.1, -0.05) is 18.2 Å².